The van der Waals surface area contributed by atoms with E-state index in [9.17, 15) is 19.2 Å². The molecule has 0 saturated heterocycles. The van der Waals surface area contributed by atoms with Crippen LogP contribution in [0.2, 0.25) is 5.15 Å². The number of ether oxygens (including phenoxy) is 1. The summed E-state index contributed by atoms with van der Waals surface area (Å²) in [6.07, 6.45) is 1.70. The fraction of sp³-hybridized carbons (Fsp3) is 0.516. The first-order valence-corrected chi connectivity index (χ1v) is 15.8. The summed E-state index contributed by atoms with van der Waals surface area (Å²) in [6, 6.07) is 6.21. The van der Waals surface area contributed by atoms with Crippen molar-refractivity contribution in [2.24, 2.45) is 23.3 Å². The molecule has 0 bridgehead atoms. The Bertz CT molecular complexity index is 1380. The van der Waals surface area contributed by atoms with Crippen molar-refractivity contribution in [3.63, 3.8) is 0 Å². The quantitative estimate of drug-likeness (QED) is 0.0458. The molecule has 11 N–H and O–H groups in total. The van der Waals surface area contributed by atoms with Gasteiger partial charge in [-0.1, -0.05) is 69.6 Å². The van der Waals surface area contributed by atoms with Gasteiger partial charge in [0.15, 0.2) is 16.8 Å². The van der Waals surface area contributed by atoms with Gasteiger partial charge in [0.2, 0.25) is 17.7 Å². The zero-order valence-electron chi connectivity index (χ0n) is 27.3. The first kappa shape index (κ1) is 38.7. The number of amidine groups is 1. The largest absolute Gasteiger partial charge is 0.460 e. The topological polar surface area (TPSA) is 253 Å². The van der Waals surface area contributed by atoms with Gasteiger partial charge in [-0.15, -0.1) is 0 Å². The number of rotatable bonds is 19. The lowest BCUT2D eigenvalue weighted by atomic mass is 9.99. The SMILES string of the molecule is CC(C)C[C@H](NC(=O)[C@@H](Nc1nc(N)c(C(=N)N)nc1Cl)C(C)C)C(=O)N[C@@H](CCCCN)C(=O)NCC(=O)OCc1ccccc1. The molecule has 0 saturated carbocycles. The van der Waals surface area contributed by atoms with E-state index >= 15 is 0 Å². The Hall–Kier alpha value is -4.50. The van der Waals surface area contributed by atoms with Crippen LogP contribution in [0.5, 0.6) is 0 Å². The normalized spacial score (nSPS) is 12.9. The van der Waals surface area contributed by atoms with Gasteiger partial charge in [-0.05, 0) is 49.6 Å². The molecule has 2 rings (SSSR count). The second-order valence-electron chi connectivity index (χ2n) is 11.8. The fourth-order valence-corrected chi connectivity index (χ4v) is 4.65. The third-order valence-corrected chi connectivity index (χ3v) is 7.21. The van der Waals surface area contributed by atoms with Gasteiger partial charge in [-0.2, -0.15) is 0 Å². The first-order chi connectivity index (χ1) is 22.2. The molecule has 1 aromatic heterocycles. The van der Waals surface area contributed by atoms with E-state index < -0.39 is 47.7 Å². The van der Waals surface area contributed by atoms with Gasteiger partial charge in [0.25, 0.3) is 0 Å². The van der Waals surface area contributed by atoms with Crippen molar-refractivity contribution in [1.29, 1.82) is 5.41 Å². The predicted octanol–water partition coefficient (Wildman–Crippen LogP) is 1.44. The molecule has 0 aliphatic rings. The van der Waals surface area contributed by atoms with Crippen molar-refractivity contribution in [3.05, 3.63) is 46.7 Å². The van der Waals surface area contributed by atoms with Crippen LogP contribution in [0.25, 0.3) is 0 Å². The molecule has 3 amide bonds. The highest BCUT2D eigenvalue weighted by Crippen LogP contribution is 2.23. The molecule has 3 atom stereocenters. The first-order valence-electron chi connectivity index (χ1n) is 15.4. The minimum Gasteiger partial charge on any atom is -0.460 e. The number of nitrogens with two attached hydrogens (primary N) is 3. The maximum Gasteiger partial charge on any atom is 0.325 e. The summed E-state index contributed by atoms with van der Waals surface area (Å²) in [6.45, 7) is 7.44. The molecule has 0 spiro atoms. The Morgan fingerprint density at radius 1 is 0.957 bits per heavy atom. The van der Waals surface area contributed by atoms with Gasteiger partial charge in [0.05, 0.1) is 0 Å². The molecule has 0 unspecified atom stereocenters. The number of nitrogens with one attached hydrogen (secondary N) is 5. The standard InChI is InChI=1S/C31H47ClN10O5/c1-17(2)14-21(39-31(46)23(18(3)4)41-28-25(32)40-24(26(34)35)27(36)42-28)30(45)38-20(12-8-9-13-33)29(44)37-15-22(43)47-16-19-10-6-5-7-11-19/h5-7,10-11,17-18,20-21,23H,8-9,12-16,33H2,1-4H3,(H3,34,35)(H,37,44)(H,38,45)(H,39,46)(H3,36,41,42)/t20-,21-,23-/m0/s1. The monoisotopic (exact) mass is 674 g/mol. The summed E-state index contributed by atoms with van der Waals surface area (Å²) >= 11 is 6.24. The lowest BCUT2D eigenvalue weighted by Gasteiger charge is -2.28. The summed E-state index contributed by atoms with van der Waals surface area (Å²) in [4.78, 5) is 60.7. The molecule has 15 nitrogen and oxygen atoms in total. The summed E-state index contributed by atoms with van der Waals surface area (Å²) in [5, 5.41) is 18.4. The van der Waals surface area contributed by atoms with E-state index in [0.717, 1.165) is 5.56 Å². The predicted molar refractivity (Wildman–Crippen MR) is 180 cm³/mol. The van der Waals surface area contributed by atoms with Crippen LogP contribution in [-0.2, 0) is 30.5 Å². The number of carbonyl (C=O) groups excluding carboxylic acids is 4. The number of hydrogen-bond acceptors (Lipinski definition) is 11. The van der Waals surface area contributed by atoms with Crippen molar-refractivity contribution in [3.8, 4) is 0 Å². The number of nitrogens with zero attached hydrogens (tertiary/aromatic N) is 2. The highest BCUT2D eigenvalue weighted by molar-refractivity contribution is 6.32. The third-order valence-electron chi connectivity index (χ3n) is 6.95. The Morgan fingerprint density at radius 2 is 1.62 bits per heavy atom. The van der Waals surface area contributed by atoms with Crippen molar-refractivity contribution in [1.82, 2.24) is 25.9 Å². The number of anilines is 2. The van der Waals surface area contributed by atoms with Crippen LogP contribution in [0.4, 0.5) is 11.6 Å². The van der Waals surface area contributed by atoms with E-state index in [0.29, 0.717) is 19.4 Å². The third kappa shape index (κ3) is 13.0. The summed E-state index contributed by atoms with van der Waals surface area (Å²) in [5.41, 5.74) is 17.7. The molecule has 2 aromatic rings. The number of benzene rings is 1. The number of halogens is 1. The Kier molecular flexibility index (Phi) is 15.8. The maximum absolute atomic E-state index is 13.6. The molecular weight excluding hydrogens is 628 g/mol. The van der Waals surface area contributed by atoms with E-state index in [-0.39, 0.29) is 60.3 Å². The van der Waals surface area contributed by atoms with E-state index in [4.69, 9.17) is 38.9 Å². The average Bonchev–Trinajstić information content (AvgIpc) is 3.01. The number of nitrogen functional groups attached to an aromatic ring is 2. The van der Waals surface area contributed by atoms with Gasteiger partial charge in [0, 0.05) is 0 Å². The fourth-order valence-electron chi connectivity index (χ4n) is 4.47. The Morgan fingerprint density at radius 3 is 2.21 bits per heavy atom. The van der Waals surface area contributed by atoms with Crippen molar-refractivity contribution in [2.45, 2.75) is 78.1 Å². The summed E-state index contributed by atoms with van der Waals surface area (Å²) in [5.74, 6) is -3.15. The van der Waals surface area contributed by atoms with Gasteiger partial charge in [-0.3, -0.25) is 24.6 Å². The smallest absolute Gasteiger partial charge is 0.325 e. The maximum atomic E-state index is 13.6. The van der Waals surface area contributed by atoms with Crippen molar-refractivity contribution >= 4 is 52.8 Å². The average molecular weight is 675 g/mol. The second-order valence-corrected chi connectivity index (χ2v) is 12.1. The van der Waals surface area contributed by atoms with Crippen molar-refractivity contribution in [2.75, 3.05) is 24.1 Å². The van der Waals surface area contributed by atoms with Crippen LogP contribution >= 0.6 is 11.6 Å². The zero-order valence-corrected chi connectivity index (χ0v) is 28.0. The lowest BCUT2D eigenvalue weighted by molar-refractivity contribution is -0.145. The molecule has 1 heterocycles. The number of unbranched alkanes of at least 4 members (excludes halogenated alkanes) is 1. The minimum absolute atomic E-state index is 0.000328. The van der Waals surface area contributed by atoms with E-state index in [1.165, 1.54) is 0 Å². The van der Waals surface area contributed by atoms with Gasteiger partial charge in [0.1, 0.15) is 42.8 Å². The molecule has 0 radical (unpaired) electrons. The summed E-state index contributed by atoms with van der Waals surface area (Å²) in [7, 11) is 0. The molecular formula is C31H47ClN10O5. The van der Waals surface area contributed by atoms with Gasteiger partial charge < -0.3 is 43.2 Å². The van der Waals surface area contributed by atoms with Crippen LogP contribution < -0.4 is 38.5 Å². The van der Waals surface area contributed by atoms with Crippen LogP contribution in [0.3, 0.4) is 0 Å². The number of aromatic nitrogens is 2. The van der Waals surface area contributed by atoms with Crippen molar-refractivity contribution < 1.29 is 23.9 Å². The number of amides is 3. The highest BCUT2D eigenvalue weighted by atomic mass is 35.5. The van der Waals surface area contributed by atoms with Gasteiger partial charge in [-0.25, -0.2) is 9.97 Å². The lowest BCUT2D eigenvalue weighted by Crippen LogP contribution is -2.56. The molecule has 258 valence electrons. The number of esters is 1. The van der Waals surface area contributed by atoms with E-state index in [1.54, 1.807) is 13.8 Å². The van der Waals surface area contributed by atoms with Crippen LogP contribution in [0, 0.1) is 17.2 Å². The second kappa shape index (κ2) is 19.2. The number of carbonyl (C=O) groups is 4. The van der Waals surface area contributed by atoms with E-state index in [1.807, 2.05) is 44.2 Å². The Balaban J connectivity index is 2.14. The van der Waals surface area contributed by atoms with Crippen LogP contribution in [0.1, 0.15) is 64.6 Å². The van der Waals surface area contributed by atoms with Crippen LogP contribution in [-0.4, -0.2) is 70.7 Å². The van der Waals surface area contributed by atoms with Crippen LogP contribution in [0.15, 0.2) is 30.3 Å². The molecule has 0 aliphatic heterocycles. The molecule has 0 fully saturated rings. The molecule has 16 heteroatoms. The number of hydrogen-bond donors (Lipinski definition) is 8. The van der Waals surface area contributed by atoms with E-state index in [2.05, 4.69) is 31.2 Å². The van der Waals surface area contributed by atoms with Gasteiger partial charge >= 0.3 is 5.97 Å². The minimum atomic E-state index is -1.00. The molecule has 0 aliphatic carbocycles. The zero-order chi connectivity index (χ0) is 35.1. The molecule has 1 aromatic carbocycles. The highest BCUT2D eigenvalue weighted by Gasteiger charge is 2.31. The summed E-state index contributed by atoms with van der Waals surface area (Å²) < 4.78 is 5.23. The molecule has 47 heavy (non-hydrogen) atoms. The Labute approximate surface area is 280 Å².